The molecule has 0 aliphatic heterocycles. The minimum atomic E-state index is 0.359. The van der Waals surface area contributed by atoms with Crippen LogP contribution in [-0.2, 0) is 6.61 Å². The number of aryl methyl sites for hydroxylation is 1. The highest BCUT2D eigenvalue weighted by molar-refractivity contribution is 9.10. The van der Waals surface area contributed by atoms with Crippen molar-refractivity contribution in [2.24, 2.45) is 0 Å². The van der Waals surface area contributed by atoms with Gasteiger partial charge in [0.25, 0.3) is 0 Å². The predicted molar refractivity (Wildman–Crippen MR) is 121 cm³/mol. The van der Waals surface area contributed by atoms with Gasteiger partial charge < -0.3 is 9.47 Å². The van der Waals surface area contributed by atoms with Crippen molar-refractivity contribution in [3.63, 3.8) is 0 Å². The van der Waals surface area contributed by atoms with Crippen LogP contribution in [0.1, 0.15) is 22.3 Å². The standard InChI is InChI=1S/C24H19BrClNO2/c1-16-6-8-19(9-7-16)20(14-27)10-18-12-22(25)24(23(13-18)28-2)29-15-17-4-3-5-21(26)11-17/h3-13H,15H2,1-2H3/b20-10+. The summed E-state index contributed by atoms with van der Waals surface area (Å²) in [4.78, 5) is 0. The number of hydrogen-bond donors (Lipinski definition) is 0. The second-order valence-corrected chi connectivity index (χ2v) is 7.78. The molecule has 0 aliphatic rings. The Hall–Kier alpha value is -2.74. The van der Waals surface area contributed by atoms with Crippen LogP contribution >= 0.6 is 27.5 Å². The Morgan fingerprint density at radius 3 is 2.55 bits per heavy atom. The van der Waals surface area contributed by atoms with E-state index in [0.717, 1.165) is 26.7 Å². The molecule has 0 amide bonds. The number of nitrogens with zero attached hydrogens (tertiary/aromatic N) is 1. The number of methoxy groups -OCH3 is 1. The number of hydrogen-bond acceptors (Lipinski definition) is 3. The summed E-state index contributed by atoms with van der Waals surface area (Å²) in [5.74, 6) is 1.17. The molecule has 0 spiro atoms. The van der Waals surface area contributed by atoms with Gasteiger partial charge in [0.15, 0.2) is 11.5 Å². The van der Waals surface area contributed by atoms with Gasteiger partial charge in [-0.25, -0.2) is 0 Å². The van der Waals surface area contributed by atoms with E-state index in [9.17, 15) is 5.26 Å². The van der Waals surface area contributed by atoms with E-state index in [-0.39, 0.29) is 0 Å². The molecule has 0 heterocycles. The highest BCUT2D eigenvalue weighted by atomic mass is 79.9. The van der Waals surface area contributed by atoms with E-state index >= 15 is 0 Å². The lowest BCUT2D eigenvalue weighted by molar-refractivity contribution is 0.282. The molecule has 0 saturated heterocycles. The zero-order chi connectivity index (χ0) is 20.8. The fourth-order valence-electron chi connectivity index (χ4n) is 2.83. The van der Waals surface area contributed by atoms with E-state index in [1.165, 1.54) is 0 Å². The predicted octanol–water partition coefficient (Wildman–Crippen LogP) is 7.06. The van der Waals surface area contributed by atoms with Crippen LogP contribution in [0.15, 0.2) is 65.1 Å². The molecule has 0 N–H and O–H groups in total. The Kier molecular flexibility index (Phi) is 6.98. The topological polar surface area (TPSA) is 42.2 Å². The quantitative estimate of drug-likeness (QED) is 0.287. The summed E-state index contributed by atoms with van der Waals surface area (Å²) in [5, 5.41) is 10.3. The van der Waals surface area contributed by atoms with Gasteiger partial charge in [0, 0.05) is 5.02 Å². The zero-order valence-corrected chi connectivity index (χ0v) is 18.4. The van der Waals surface area contributed by atoms with Gasteiger partial charge in [0.1, 0.15) is 6.61 Å². The van der Waals surface area contributed by atoms with E-state index < -0.39 is 0 Å². The molecule has 0 unspecified atom stereocenters. The van der Waals surface area contributed by atoms with Gasteiger partial charge in [-0.3, -0.25) is 0 Å². The summed E-state index contributed by atoms with van der Waals surface area (Å²) in [6, 6.07) is 21.4. The first-order valence-corrected chi connectivity index (χ1v) is 10.1. The summed E-state index contributed by atoms with van der Waals surface area (Å²) in [7, 11) is 1.59. The average molecular weight is 469 g/mol. The van der Waals surface area contributed by atoms with Gasteiger partial charge in [0.2, 0.25) is 0 Å². The van der Waals surface area contributed by atoms with Crippen molar-refractivity contribution < 1.29 is 9.47 Å². The SMILES string of the molecule is COc1cc(/C=C(\C#N)c2ccc(C)cc2)cc(Br)c1OCc1cccc(Cl)c1. The normalized spacial score (nSPS) is 11.1. The van der Waals surface area contributed by atoms with Crippen molar-refractivity contribution in [2.45, 2.75) is 13.5 Å². The summed E-state index contributed by atoms with van der Waals surface area (Å²) in [5.41, 5.74) is 4.39. The molecule has 0 fully saturated rings. The van der Waals surface area contributed by atoms with Crippen molar-refractivity contribution >= 4 is 39.2 Å². The van der Waals surface area contributed by atoms with Crippen molar-refractivity contribution in [3.05, 3.63) is 92.4 Å². The average Bonchev–Trinajstić information content (AvgIpc) is 2.71. The van der Waals surface area contributed by atoms with E-state index in [0.29, 0.717) is 28.7 Å². The molecule has 3 rings (SSSR count). The van der Waals surface area contributed by atoms with Crippen molar-refractivity contribution in [2.75, 3.05) is 7.11 Å². The van der Waals surface area contributed by atoms with Crippen molar-refractivity contribution in [1.29, 1.82) is 5.26 Å². The maximum absolute atomic E-state index is 9.60. The molecular weight excluding hydrogens is 450 g/mol. The first-order chi connectivity index (χ1) is 14.0. The fourth-order valence-corrected chi connectivity index (χ4v) is 3.61. The minimum absolute atomic E-state index is 0.359. The van der Waals surface area contributed by atoms with Crippen LogP contribution in [0.3, 0.4) is 0 Å². The van der Waals surface area contributed by atoms with Crippen molar-refractivity contribution in [1.82, 2.24) is 0 Å². The second kappa shape index (κ2) is 9.65. The Balaban J connectivity index is 1.89. The van der Waals surface area contributed by atoms with Crippen molar-refractivity contribution in [3.8, 4) is 17.6 Å². The fraction of sp³-hybridized carbons (Fsp3) is 0.125. The third-order valence-electron chi connectivity index (χ3n) is 4.32. The van der Waals surface area contributed by atoms with Gasteiger partial charge >= 0.3 is 0 Å². The third-order valence-corrected chi connectivity index (χ3v) is 5.14. The molecule has 0 saturated carbocycles. The van der Waals surface area contributed by atoms with E-state index in [1.807, 2.05) is 73.7 Å². The Morgan fingerprint density at radius 2 is 1.90 bits per heavy atom. The monoisotopic (exact) mass is 467 g/mol. The van der Waals surface area contributed by atoms with Crippen LogP contribution in [0.25, 0.3) is 11.6 Å². The molecule has 3 nitrogen and oxygen atoms in total. The van der Waals surface area contributed by atoms with Gasteiger partial charge in [-0.2, -0.15) is 5.26 Å². The highest BCUT2D eigenvalue weighted by Crippen LogP contribution is 2.38. The van der Waals surface area contributed by atoms with Gasteiger partial charge in [-0.15, -0.1) is 0 Å². The maximum Gasteiger partial charge on any atom is 0.175 e. The minimum Gasteiger partial charge on any atom is -0.493 e. The number of halogens is 2. The number of benzene rings is 3. The molecule has 3 aromatic rings. The lowest BCUT2D eigenvalue weighted by Gasteiger charge is -2.14. The Bertz CT molecular complexity index is 1090. The van der Waals surface area contributed by atoms with E-state index in [1.54, 1.807) is 7.11 Å². The lowest BCUT2D eigenvalue weighted by atomic mass is 10.0. The Morgan fingerprint density at radius 1 is 1.14 bits per heavy atom. The zero-order valence-electron chi connectivity index (χ0n) is 16.1. The number of rotatable bonds is 6. The summed E-state index contributed by atoms with van der Waals surface area (Å²) in [6.45, 7) is 2.38. The lowest BCUT2D eigenvalue weighted by Crippen LogP contribution is -1.99. The van der Waals surface area contributed by atoms with Crippen LogP contribution in [0.4, 0.5) is 0 Å². The van der Waals surface area contributed by atoms with Gasteiger partial charge in [0.05, 0.1) is 23.2 Å². The molecule has 146 valence electrons. The molecule has 0 atom stereocenters. The molecule has 5 heteroatoms. The molecule has 3 aromatic carbocycles. The number of nitriles is 1. The van der Waals surface area contributed by atoms with Crippen LogP contribution in [0, 0.1) is 18.3 Å². The second-order valence-electron chi connectivity index (χ2n) is 6.49. The van der Waals surface area contributed by atoms with Crippen LogP contribution in [-0.4, -0.2) is 7.11 Å². The third kappa shape index (κ3) is 5.41. The molecule has 29 heavy (non-hydrogen) atoms. The molecule has 0 bridgehead atoms. The number of allylic oxidation sites excluding steroid dienone is 1. The van der Waals surface area contributed by atoms with Crippen LogP contribution in [0.5, 0.6) is 11.5 Å². The number of ether oxygens (including phenoxy) is 2. The first-order valence-electron chi connectivity index (χ1n) is 8.94. The van der Waals surface area contributed by atoms with E-state index in [2.05, 4.69) is 22.0 Å². The largest absolute Gasteiger partial charge is 0.493 e. The maximum atomic E-state index is 9.60. The van der Waals surface area contributed by atoms with E-state index in [4.69, 9.17) is 21.1 Å². The molecule has 0 radical (unpaired) electrons. The summed E-state index contributed by atoms with van der Waals surface area (Å²) in [6.07, 6.45) is 1.83. The van der Waals surface area contributed by atoms with Gasteiger partial charge in [-0.1, -0.05) is 53.6 Å². The first kappa shape index (κ1) is 21.0. The summed E-state index contributed by atoms with van der Waals surface area (Å²) < 4.78 is 12.2. The summed E-state index contributed by atoms with van der Waals surface area (Å²) >= 11 is 9.60. The van der Waals surface area contributed by atoms with Crippen LogP contribution < -0.4 is 9.47 Å². The molecular formula is C24H19BrClNO2. The van der Waals surface area contributed by atoms with Gasteiger partial charge in [-0.05, 0) is 69.9 Å². The highest BCUT2D eigenvalue weighted by Gasteiger charge is 2.12. The Labute approximate surface area is 184 Å². The smallest absolute Gasteiger partial charge is 0.175 e. The molecule has 0 aliphatic carbocycles. The molecule has 0 aromatic heterocycles. The van der Waals surface area contributed by atoms with Crippen LogP contribution in [0.2, 0.25) is 5.02 Å².